The molecule has 2 aromatic rings. The number of benzene rings is 1. The van der Waals surface area contributed by atoms with Gasteiger partial charge in [-0.25, -0.2) is 4.99 Å². The summed E-state index contributed by atoms with van der Waals surface area (Å²) in [6, 6.07) is 11.3. The molecule has 2 unspecified atom stereocenters. The van der Waals surface area contributed by atoms with Crippen LogP contribution in [-0.2, 0) is 24.9 Å². The topological polar surface area (TPSA) is 79.6 Å². The van der Waals surface area contributed by atoms with Crippen LogP contribution < -0.4 is 10.6 Å². The molecule has 2 N–H and O–H groups in total. The minimum Gasteiger partial charge on any atom is -0.383 e. The summed E-state index contributed by atoms with van der Waals surface area (Å²) in [4.78, 5) is 7.28. The van der Waals surface area contributed by atoms with Gasteiger partial charge in [0, 0.05) is 46.4 Å². The molecule has 0 bridgehead atoms. The lowest BCUT2D eigenvalue weighted by Crippen LogP contribution is -2.41. The van der Waals surface area contributed by atoms with E-state index in [1.54, 1.807) is 7.11 Å². The smallest absolute Gasteiger partial charge is 0.191 e. The molecule has 0 radical (unpaired) electrons. The Labute approximate surface area is 179 Å². The van der Waals surface area contributed by atoms with E-state index in [0.717, 1.165) is 37.2 Å². The molecule has 3 rings (SSSR count). The average Bonchev–Trinajstić information content (AvgIpc) is 3.26. The number of likely N-dealkylation sites (tertiary alicyclic amines) is 1. The van der Waals surface area contributed by atoms with Crippen molar-refractivity contribution in [1.82, 2.24) is 30.3 Å². The van der Waals surface area contributed by atoms with Crippen LogP contribution in [-0.4, -0.2) is 65.0 Å². The Balaban J connectivity index is 1.54. The number of ether oxygens (including phenoxy) is 1. The van der Waals surface area contributed by atoms with E-state index in [0.29, 0.717) is 31.7 Å². The maximum absolute atomic E-state index is 5.16. The second kappa shape index (κ2) is 11.1. The molecule has 2 atom stereocenters. The molecule has 30 heavy (non-hydrogen) atoms. The normalized spacial score (nSPS) is 19.9. The van der Waals surface area contributed by atoms with E-state index in [4.69, 9.17) is 9.73 Å². The zero-order valence-corrected chi connectivity index (χ0v) is 18.6. The Morgan fingerprint density at radius 2 is 2.03 bits per heavy atom. The van der Waals surface area contributed by atoms with Crippen LogP contribution >= 0.6 is 0 Å². The first kappa shape index (κ1) is 22.2. The highest BCUT2D eigenvalue weighted by Gasteiger charge is 2.28. The molecule has 164 valence electrons. The standard InChI is InChI=1S/C22H35N7O/c1-17-12-20(16-29(17)15-19-8-6-5-7-9-19)13-24-22(23-10-11-30-4)25-14-21-27-26-18(2)28(21)3/h5-9,17,20H,10-16H2,1-4H3,(H2,23,24,25). The van der Waals surface area contributed by atoms with E-state index < -0.39 is 0 Å². The van der Waals surface area contributed by atoms with Crippen LogP contribution in [0, 0.1) is 12.8 Å². The number of methoxy groups -OCH3 is 1. The lowest BCUT2D eigenvalue weighted by atomic mass is 10.1. The molecule has 0 spiro atoms. The van der Waals surface area contributed by atoms with Crippen molar-refractivity contribution in [2.24, 2.45) is 18.0 Å². The van der Waals surface area contributed by atoms with E-state index in [9.17, 15) is 0 Å². The predicted molar refractivity (Wildman–Crippen MR) is 119 cm³/mol. The first-order valence-corrected chi connectivity index (χ1v) is 10.7. The molecule has 1 fully saturated rings. The molecule has 2 heterocycles. The highest BCUT2D eigenvalue weighted by Crippen LogP contribution is 2.24. The van der Waals surface area contributed by atoms with Crippen molar-refractivity contribution in [3.05, 3.63) is 47.5 Å². The van der Waals surface area contributed by atoms with Gasteiger partial charge in [0.05, 0.1) is 6.61 Å². The molecule has 1 aromatic heterocycles. The van der Waals surface area contributed by atoms with Crippen molar-refractivity contribution in [3.63, 3.8) is 0 Å². The van der Waals surface area contributed by atoms with Crippen LogP contribution in [0.3, 0.4) is 0 Å². The van der Waals surface area contributed by atoms with E-state index >= 15 is 0 Å². The van der Waals surface area contributed by atoms with Crippen molar-refractivity contribution < 1.29 is 4.74 Å². The molecule has 8 nitrogen and oxygen atoms in total. The molecule has 1 aliphatic rings. The lowest BCUT2D eigenvalue weighted by Gasteiger charge is -2.21. The molecule has 1 aliphatic heterocycles. The van der Waals surface area contributed by atoms with Gasteiger partial charge in [-0.05, 0) is 31.7 Å². The lowest BCUT2D eigenvalue weighted by molar-refractivity contribution is 0.203. The summed E-state index contributed by atoms with van der Waals surface area (Å²) in [6.45, 7) is 9.10. The molecule has 0 aliphatic carbocycles. The second-order valence-corrected chi connectivity index (χ2v) is 8.05. The van der Waals surface area contributed by atoms with Crippen LogP contribution in [0.4, 0.5) is 0 Å². The molecule has 1 saturated heterocycles. The minimum atomic E-state index is 0.487. The van der Waals surface area contributed by atoms with Crippen molar-refractivity contribution in [1.29, 1.82) is 0 Å². The van der Waals surface area contributed by atoms with Crippen LogP contribution in [0.1, 0.15) is 30.6 Å². The molecule has 1 aromatic carbocycles. The predicted octanol–water partition coefficient (Wildman–Crippen LogP) is 1.72. The van der Waals surface area contributed by atoms with Gasteiger partial charge in [-0.1, -0.05) is 30.3 Å². The quantitative estimate of drug-likeness (QED) is 0.370. The summed E-state index contributed by atoms with van der Waals surface area (Å²) in [6.07, 6.45) is 1.19. The summed E-state index contributed by atoms with van der Waals surface area (Å²) in [5.74, 6) is 3.13. The maximum Gasteiger partial charge on any atom is 0.191 e. The number of aryl methyl sites for hydroxylation is 1. The number of rotatable bonds is 9. The SMILES string of the molecule is COCCNC(=NCc1nnc(C)n1C)NCC1CC(C)N(Cc2ccccc2)C1. The largest absolute Gasteiger partial charge is 0.383 e. The second-order valence-electron chi connectivity index (χ2n) is 8.05. The maximum atomic E-state index is 5.16. The third-order valence-corrected chi connectivity index (χ3v) is 5.74. The van der Waals surface area contributed by atoms with E-state index in [1.807, 2.05) is 18.5 Å². The van der Waals surface area contributed by atoms with Gasteiger partial charge in [0.15, 0.2) is 11.8 Å². The summed E-state index contributed by atoms with van der Waals surface area (Å²) in [5, 5.41) is 15.2. The third-order valence-electron chi connectivity index (χ3n) is 5.74. The Morgan fingerprint density at radius 1 is 1.23 bits per heavy atom. The van der Waals surface area contributed by atoms with Crippen LogP contribution in [0.15, 0.2) is 35.3 Å². The molecule has 0 saturated carbocycles. The number of aliphatic imine (C=N–C) groups is 1. The summed E-state index contributed by atoms with van der Waals surface area (Å²) in [7, 11) is 3.67. The van der Waals surface area contributed by atoms with Crippen molar-refractivity contribution >= 4 is 5.96 Å². The van der Waals surface area contributed by atoms with Gasteiger partial charge in [0.25, 0.3) is 0 Å². The van der Waals surface area contributed by atoms with Crippen LogP contribution in [0.25, 0.3) is 0 Å². The van der Waals surface area contributed by atoms with Gasteiger partial charge in [0.2, 0.25) is 0 Å². The number of nitrogens with zero attached hydrogens (tertiary/aromatic N) is 5. The molecule has 0 amide bonds. The Morgan fingerprint density at radius 3 is 2.73 bits per heavy atom. The fraction of sp³-hybridized carbons (Fsp3) is 0.591. The Bertz CT molecular complexity index is 805. The third kappa shape index (κ3) is 6.27. The van der Waals surface area contributed by atoms with E-state index in [2.05, 4.69) is 63.0 Å². The van der Waals surface area contributed by atoms with Gasteiger partial charge in [0.1, 0.15) is 12.4 Å². The van der Waals surface area contributed by atoms with Gasteiger partial charge in [-0.2, -0.15) is 0 Å². The van der Waals surface area contributed by atoms with Crippen molar-refractivity contribution in [2.45, 2.75) is 39.4 Å². The van der Waals surface area contributed by atoms with E-state index in [-0.39, 0.29) is 0 Å². The highest BCUT2D eigenvalue weighted by molar-refractivity contribution is 5.79. The highest BCUT2D eigenvalue weighted by atomic mass is 16.5. The fourth-order valence-electron chi connectivity index (χ4n) is 3.83. The van der Waals surface area contributed by atoms with Crippen LogP contribution in [0.5, 0.6) is 0 Å². The van der Waals surface area contributed by atoms with Gasteiger partial charge >= 0.3 is 0 Å². The van der Waals surface area contributed by atoms with Crippen molar-refractivity contribution in [3.8, 4) is 0 Å². The number of hydrogen-bond donors (Lipinski definition) is 2. The zero-order valence-electron chi connectivity index (χ0n) is 18.6. The zero-order chi connectivity index (χ0) is 21.3. The molecule has 8 heteroatoms. The number of guanidine groups is 1. The minimum absolute atomic E-state index is 0.487. The number of hydrogen-bond acceptors (Lipinski definition) is 5. The van der Waals surface area contributed by atoms with Gasteiger partial charge < -0.3 is 19.9 Å². The number of aromatic nitrogens is 3. The van der Waals surface area contributed by atoms with Crippen LogP contribution in [0.2, 0.25) is 0 Å². The molecular weight excluding hydrogens is 378 g/mol. The summed E-state index contributed by atoms with van der Waals surface area (Å²) in [5.41, 5.74) is 1.38. The monoisotopic (exact) mass is 413 g/mol. The average molecular weight is 414 g/mol. The van der Waals surface area contributed by atoms with E-state index in [1.165, 1.54) is 12.0 Å². The summed E-state index contributed by atoms with van der Waals surface area (Å²) >= 11 is 0. The summed E-state index contributed by atoms with van der Waals surface area (Å²) < 4.78 is 7.13. The Hall–Kier alpha value is -2.45. The molecular formula is C22H35N7O. The fourth-order valence-corrected chi connectivity index (χ4v) is 3.83. The Kier molecular flexibility index (Phi) is 8.21. The van der Waals surface area contributed by atoms with Crippen molar-refractivity contribution in [2.75, 3.05) is 33.4 Å². The first-order valence-electron chi connectivity index (χ1n) is 10.7. The first-order chi connectivity index (χ1) is 14.6. The van der Waals surface area contributed by atoms with Gasteiger partial charge in [-0.15, -0.1) is 10.2 Å². The van der Waals surface area contributed by atoms with Gasteiger partial charge in [-0.3, -0.25) is 4.90 Å². The number of nitrogens with one attached hydrogen (secondary N) is 2.